The minimum absolute atomic E-state index is 0.00117. The van der Waals surface area contributed by atoms with Gasteiger partial charge in [-0.25, -0.2) is 9.78 Å². The molecule has 1 saturated heterocycles. The zero-order chi connectivity index (χ0) is 22.0. The van der Waals surface area contributed by atoms with E-state index in [0.717, 1.165) is 38.0 Å². The van der Waals surface area contributed by atoms with E-state index in [1.807, 2.05) is 22.0 Å². The van der Waals surface area contributed by atoms with Crippen molar-refractivity contribution in [2.45, 2.75) is 32.4 Å². The molecule has 4 heterocycles. The van der Waals surface area contributed by atoms with Gasteiger partial charge in [0.05, 0.1) is 12.2 Å². The summed E-state index contributed by atoms with van der Waals surface area (Å²) in [6, 6.07) is 1.53. The average molecular weight is 427 g/mol. The molecule has 31 heavy (non-hydrogen) atoms. The minimum atomic E-state index is -0.588. The molecule has 3 aliphatic heterocycles. The molecular weight excluding hydrogens is 396 g/mol. The summed E-state index contributed by atoms with van der Waals surface area (Å²) >= 11 is 0. The van der Waals surface area contributed by atoms with Crippen molar-refractivity contribution in [3.8, 4) is 5.75 Å². The van der Waals surface area contributed by atoms with Crippen LogP contribution >= 0.6 is 0 Å². The highest BCUT2D eigenvalue weighted by Crippen LogP contribution is 2.33. The van der Waals surface area contributed by atoms with Gasteiger partial charge in [0.15, 0.2) is 11.6 Å². The van der Waals surface area contributed by atoms with Crippen LogP contribution in [0.2, 0.25) is 0 Å². The highest BCUT2D eigenvalue weighted by Gasteiger charge is 2.28. The van der Waals surface area contributed by atoms with Crippen LogP contribution in [0.5, 0.6) is 5.75 Å². The van der Waals surface area contributed by atoms with Crippen LogP contribution in [0.15, 0.2) is 36.3 Å². The number of pyridine rings is 1. The number of nitrogens with two attached hydrogens (primary N) is 1. The Balaban J connectivity index is 1.58. The van der Waals surface area contributed by atoms with E-state index < -0.39 is 6.17 Å². The standard InChI is InChI=1S/C22H30N6O3/c1-15-5-3-7-26(14-15)21(29)16-11-18-20(25-13-16)27(8-4-10-31-18)17-6-9-28(19(23)12-17)22(30)24-2/h6,9,11-13,15,19H,3-5,7-8,10,14,23H2,1-2H3,(H,24,30)/t15-,19?/m0/s1. The quantitative estimate of drug-likeness (QED) is 0.748. The molecule has 1 aromatic rings. The zero-order valence-corrected chi connectivity index (χ0v) is 18.1. The molecule has 9 heteroatoms. The van der Waals surface area contributed by atoms with Crippen LogP contribution in [0.4, 0.5) is 10.6 Å². The smallest absolute Gasteiger partial charge is 0.322 e. The molecule has 0 aliphatic carbocycles. The van der Waals surface area contributed by atoms with Gasteiger partial charge < -0.3 is 25.6 Å². The van der Waals surface area contributed by atoms with Crippen LogP contribution < -0.4 is 20.7 Å². The predicted molar refractivity (Wildman–Crippen MR) is 117 cm³/mol. The fourth-order valence-corrected chi connectivity index (χ4v) is 4.26. The van der Waals surface area contributed by atoms with E-state index in [-0.39, 0.29) is 11.9 Å². The van der Waals surface area contributed by atoms with Gasteiger partial charge in [-0.2, -0.15) is 0 Å². The maximum atomic E-state index is 13.0. The fraction of sp³-hybridized carbons (Fsp3) is 0.500. The van der Waals surface area contributed by atoms with Crippen LogP contribution in [-0.4, -0.2) is 66.2 Å². The van der Waals surface area contributed by atoms with E-state index in [1.54, 1.807) is 25.5 Å². The topological polar surface area (TPSA) is 104 Å². The Labute approximate surface area is 182 Å². The lowest BCUT2D eigenvalue weighted by Gasteiger charge is -2.32. The number of rotatable bonds is 2. The molecule has 9 nitrogen and oxygen atoms in total. The maximum Gasteiger partial charge on any atom is 0.322 e. The highest BCUT2D eigenvalue weighted by atomic mass is 16.5. The summed E-state index contributed by atoms with van der Waals surface area (Å²) in [5.74, 6) is 1.76. The molecule has 166 valence electrons. The van der Waals surface area contributed by atoms with Crippen LogP contribution in [-0.2, 0) is 0 Å². The van der Waals surface area contributed by atoms with Gasteiger partial charge in [-0.05, 0) is 43.4 Å². The summed E-state index contributed by atoms with van der Waals surface area (Å²) in [6.07, 6.45) is 9.35. The average Bonchev–Trinajstić information content (AvgIpc) is 3.00. The number of hydrogen-bond acceptors (Lipinski definition) is 6. The van der Waals surface area contributed by atoms with Crippen molar-refractivity contribution in [2.75, 3.05) is 38.2 Å². The van der Waals surface area contributed by atoms with Gasteiger partial charge in [0.25, 0.3) is 5.91 Å². The molecule has 0 aromatic carbocycles. The van der Waals surface area contributed by atoms with Gasteiger partial charge in [-0.15, -0.1) is 0 Å². The lowest BCUT2D eigenvalue weighted by molar-refractivity contribution is 0.0682. The van der Waals surface area contributed by atoms with Crippen LogP contribution in [0.1, 0.15) is 36.5 Å². The molecule has 0 saturated carbocycles. The van der Waals surface area contributed by atoms with Crippen molar-refractivity contribution in [1.82, 2.24) is 20.1 Å². The second kappa shape index (κ2) is 8.97. The third kappa shape index (κ3) is 4.36. The molecular formula is C22H30N6O3. The largest absolute Gasteiger partial charge is 0.490 e. The number of nitrogens with one attached hydrogen (secondary N) is 1. The molecule has 1 unspecified atom stereocenters. The van der Waals surface area contributed by atoms with Crippen molar-refractivity contribution in [2.24, 2.45) is 11.7 Å². The Morgan fingerprint density at radius 1 is 1.29 bits per heavy atom. The molecule has 3 aliphatic rings. The minimum Gasteiger partial charge on any atom is -0.490 e. The number of fused-ring (bicyclic) bond motifs is 1. The third-order valence-electron chi connectivity index (χ3n) is 5.89. The Morgan fingerprint density at radius 3 is 2.87 bits per heavy atom. The molecule has 0 spiro atoms. The predicted octanol–water partition coefficient (Wildman–Crippen LogP) is 1.88. The van der Waals surface area contributed by atoms with Crippen molar-refractivity contribution >= 4 is 17.8 Å². The Morgan fingerprint density at radius 2 is 2.13 bits per heavy atom. The summed E-state index contributed by atoms with van der Waals surface area (Å²) in [6.45, 7) is 4.97. The SMILES string of the molecule is CNC(=O)N1C=CC(N2CCCOc3cc(C(=O)N4CCC[C@H](C)C4)cnc32)=CC1N. The molecule has 3 amide bonds. The first kappa shape index (κ1) is 21.2. The first-order valence-corrected chi connectivity index (χ1v) is 10.8. The van der Waals surface area contributed by atoms with Gasteiger partial charge >= 0.3 is 6.03 Å². The van der Waals surface area contributed by atoms with Gasteiger partial charge in [0, 0.05) is 44.8 Å². The van der Waals surface area contributed by atoms with Gasteiger partial charge in [-0.3, -0.25) is 9.69 Å². The molecule has 1 aromatic heterocycles. The number of likely N-dealkylation sites (tertiary alicyclic amines) is 1. The highest BCUT2D eigenvalue weighted by molar-refractivity contribution is 5.95. The Kier molecular flexibility index (Phi) is 6.13. The van der Waals surface area contributed by atoms with Crippen LogP contribution in [0, 0.1) is 5.92 Å². The van der Waals surface area contributed by atoms with E-state index in [1.165, 1.54) is 4.90 Å². The number of amides is 3. The molecule has 1 fully saturated rings. The number of nitrogens with zero attached hydrogens (tertiary/aromatic N) is 4. The molecule has 3 N–H and O–H groups in total. The first-order chi connectivity index (χ1) is 15.0. The Bertz CT molecular complexity index is 915. The van der Waals surface area contributed by atoms with Gasteiger partial charge in [0.1, 0.15) is 6.17 Å². The molecule has 4 rings (SSSR count). The number of carbonyl (C=O) groups is 2. The van der Waals surface area contributed by atoms with E-state index in [0.29, 0.717) is 36.2 Å². The summed E-state index contributed by atoms with van der Waals surface area (Å²) in [5, 5.41) is 2.58. The van der Waals surface area contributed by atoms with E-state index in [4.69, 9.17) is 10.5 Å². The molecule has 2 atom stereocenters. The second-order valence-corrected chi connectivity index (χ2v) is 8.26. The number of allylic oxidation sites excluding steroid dienone is 1. The van der Waals surface area contributed by atoms with Crippen molar-refractivity contribution in [1.29, 1.82) is 0 Å². The molecule has 0 radical (unpaired) electrons. The lowest BCUT2D eigenvalue weighted by atomic mass is 10.00. The number of anilines is 1. The number of piperidine rings is 1. The zero-order valence-electron chi connectivity index (χ0n) is 18.1. The van der Waals surface area contributed by atoms with E-state index in [2.05, 4.69) is 17.2 Å². The van der Waals surface area contributed by atoms with Gasteiger partial charge in [0.2, 0.25) is 0 Å². The summed E-state index contributed by atoms with van der Waals surface area (Å²) < 4.78 is 5.94. The monoisotopic (exact) mass is 426 g/mol. The fourth-order valence-electron chi connectivity index (χ4n) is 4.26. The number of urea groups is 1. The summed E-state index contributed by atoms with van der Waals surface area (Å²) in [5.41, 5.74) is 7.57. The number of hydrogen-bond donors (Lipinski definition) is 2. The lowest BCUT2D eigenvalue weighted by Crippen LogP contribution is -2.47. The van der Waals surface area contributed by atoms with Gasteiger partial charge in [-0.1, -0.05) is 6.92 Å². The normalized spacial score (nSPS) is 23.5. The number of aromatic nitrogens is 1. The van der Waals surface area contributed by atoms with Crippen molar-refractivity contribution in [3.63, 3.8) is 0 Å². The molecule has 0 bridgehead atoms. The van der Waals surface area contributed by atoms with E-state index in [9.17, 15) is 9.59 Å². The van der Waals surface area contributed by atoms with E-state index >= 15 is 0 Å². The third-order valence-corrected chi connectivity index (χ3v) is 5.89. The maximum absolute atomic E-state index is 13.0. The van der Waals surface area contributed by atoms with Crippen molar-refractivity contribution < 1.29 is 14.3 Å². The number of carbonyl (C=O) groups excluding carboxylic acids is 2. The van der Waals surface area contributed by atoms with Crippen LogP contribution in [0.3, 0.4) is 0 Å². The first-order valence-electron chi connectivity index (χ1n) is 10.8. The number of ether oxygens (including phenoxy) is 1. The second-order valence-electron chi connectivity index (χ2n) is 8.26. The summed E-state index contributed by atoms with van der Waals surface area (Å²) in [7, 11) is 1.57. The summed E-state index contributed by atoms with van der Waals surface area (Å²) in [4.78, 5) is 34.9. The van der Waals surface area contributed by atoms with Crippen molar-refractivity contribution in [3.05, 3.63) is 41.9 Å². The van der Waals surface area contributed by atoms with Crippen LogP contribution in [0.25, 0.3) is 0 Å². The Hall–Kier alpha value is -3.07.